The number of rotatable bonds is 5. The van der Waals surface area contributed by atoms with Crippen LogP contribution in [0, 0.1) is 12.7 Å². The highest BCUT2D eigenvalue weighted by atomic mass is 19.1. The molecule has 0 saturated carbocycles. The van der Waals surface area contributed by atoms with E-state index in [1.807, 2.05) is 32.0 Å². The minimum Gasteiger partial charge on any atom is -0.361 e. The predicted octanol–water partition coefficient (Wildman–Crippen LogP) is 2.84. The van der Waals surface area contributed by atoms with Crippen LogP contribution in [0.3, 0.4) is 0 Å². The molecular formula is C14H17FN2O. The molecule has 96 valence electrons. The van der Waals surface area contributed by atoms with Gasteiger partial charge in [-0.15, -0.1) is 0 Å². The van der Waals surface area contributed by atoms with E-state index in [-0.39, 0.29) is 11.9 Å². The molecule has 0 aliphatic heterocycles. The molecule has 1 atom stereocenters. The van der Waals surface area contributed by atoms with Crippen LogP contribution in [0.4, 0.5) is 4.39 Å². The molecule has 0 bridgehead atoms. The molecule has 2 rings (SSSR count). The fraction of sp³-hybridized carbons (Fsp3) is 0.357. The Morgan fingerprint density at radius 1 is 1.39 bits per heavy atom. The molecule has 1 aromatic heterocycles. The topological polar surface area (TPSA) is 38.1 Å². The van der Waals surface area contributed by atoms with Gasteiger partial charge in [-0.3, -0.25) is 0 Å². The normalized spacial score (nSPS) is 12.6. The number of hydrogen-bond acceptors (Lipinski definition) is 3. The predicted molar refractivity (Wildman–Crippen MR) is 67.6 cm³/mol. The number of hydrogen-bond donors (Lipinski definition) is 1. The highest BCUT2D eigenvalue weighted by Crippen LogP contribution is 2.09. The van der Waals surface area contributed by atoms with Crippen molar-refractivity contribution in [1.82, 2.24) is 10.5 Å². The van der Waals surface area contributed by atoms with Crippen molar-refractivity contribution in [3.63, 3.8) is 0 Å². The number of nitrogens with one attached hydrogen (secondary N) is 1. The Hall–Kier alpha value is -1.68. The summed E-state index contributed by atoms with van der Waals surface area (Å²) in [6, 6.07) is 8.93. The van der Waals surface area contributed by atoms with E-state index in [1.54, 1.807) is 6.07 Å². The van der Waals surface area contributed by atoms with Gasteiger partial charge in [-0.05, 0) is 31.9 Å². The van der Waals surface area contributed by atoms with Crippen molar-refractivity contribution in [2.75, 3.05) is 0 Å². The third-order valence-electron chi connectivity index (χ3n) is 2.79. The molecule has 18 heavy (non-hydrogen) atoms. The molecule has 1 heterocycles. The van der Waals surface area contributed by atoms with E-state index < -0.39 is 0 Å². The van der Waals surface area contributed by atoms with Gasteiger partial charge in [0.1, 0.15) is 11.6 Å². The monoisotopic (exact) mass is 248 g/mol. The number of halogens is 1. The van der Waals surface area contributed by atoms with E-state index in [0.717, 1.165) is 17.0 Å². The first kappa shape index (κ1) is 12.8. The van der Waals surface area contributed by atoms with Crippen molar-refractivity contribution in [3.05, 3.63) is 53.2 Å². The smallest absolute Gasteiger partial charge is 0.133 e. The first-order valence-corrected chi connectivity index (χ1v) is 6.04. The number of aryl methyl sites for hydroxylation is 1. The molecule has 0 radical (unpaired) electrons. The maximum Gasteiger partial charge on any atom is 0.133 e. The zero-order chi connectivity index (χ0) is 13.0. The van der Waals surface area contributed by atoms with Gasteiger partial charge in [0.2, 0.25) is 0 Å². The summed E-state index contributed by atoms with van der Waals surface area (Å²) in [4.78, 5) is 0. The summed E-state index contributed by atoms with van der Waals surface area (Å²) in [6.07, 6.45) is 0.656. The van der Waals surface area contributed by atoms with Crippen molar-refractivity contribution >= 4 is 0 Å². The van der Waals surface area contributed by atoms with Crippen LogP contribution < -0.4 is 5.32 Å². The Bertz CT molecular complexity index is 510. The lowest BCUT2D eigenvalue weighted by Crippen LogP contribution is -2.28. The maximum absolute atomic E-state index is 13.5. The lowest BCUT2D eigenvalue weighted by atomic mass is 10.1. The van der Waals surface area contributed by atoms with Crippen LogP contribution in [-0.4, -0.2) is 11.2 Å². The largest absolute Gasteiger partial charge is 0.361 e. The fourth-order valence-electron chi connectivity index (χ4n) is 1.85. The van der Waals surface area contributed by atoms with E-state index in [0.29, 0.717) is 13.0 Å². The first-order chi connectivity index (χ1) is 8.65. The molecule has 0 saturated heterocycles. The van der Waals surface area contributed by atoms with Gasteiger partial charge in [0.25, 0.3) is 0 Å². The third kappa shape index (κ3) is 3.40. The Labute approximate surface area is 106 Å². The van der Waals surface area contributed by atoms with Crippen LogP contribution in [0.1, 0.15) is 23.9 Å². The minimum atomic E-state index is -0.150. The van der Waals surface area contributed by atoms with Crippen molar-refractivity contribution < 1.29 is 8.91 Å². The molecular weight excluding hydrogens is 231 g/mol. The van der Waals surface area contributed by atoms with Gasteiger partial charge in [-0.1, -0.05) is 23.4 Å². The second-order valence-electron chi connectivity index (χ2n) is 4.51. The van der Waals surface area contributed by atoms with E-state index >= 15 is 0 Å². The summed E-state index contributed by atoms with van der Waals surface area (Å²) in [6.45, 7) is 4.52. The molecule has 0 amide bonds. The molecule has 0 aliphatic carbocycles. The van der Waals surface area contributed by atoms with E-state index in [2.05, 4.69) is 10.5 Å². The van der Waals surface area contributed by atoms with Gasteiger partial charge in [0.15, 0.2) is 0 Å². The fourth-order valence-corrected chi connectivity index (χ4v) is 1.85. The van der Waals surface area contributed by atoms with Crippen molar-refractivity contribution in [1.29, 1.82) is 0 Å². The van der Waals surface area contributed by atoms with Gasteiger partial charge < -0.3 is 9.84 Å². The van der Waals surface area contributed by atoms with Crippen LogP contribution in [-0.2, 0) is 13.0 Å². The highest BCUT2D eigenvalue weighted by Gasteiger charge is 2.08. The second-order valence-corrected chi connectivity index (χ2v) is 4.51. The van der Waals surface area contributed by atoms with E-state index in [1.165, 1.54) is 6.07 Å². The van der Waals surface area contributed by atoms with Gasteiger partial charge in [-0.25, -0.2) is 4.39 Å². The van der Waals surface area contributed by atoms with Crippen LogP contribution in [0.2, 0.25) is 0 Å². The standard InChI is InChI=1S/C14H17FN2O/c1-10(7-12-5-3-4-6-14(12)15)16-9-13-8-11(2)18-17-13/h3-6,8,10,16H,7,9H2,1-2H3. The summed E-state index contributed by atoms with van der Waals surface area (Å²) in [5.74, 6) is 0.650. The minimum absolute atomic E-state index is 0.150. The van der Waals surface area contributed by atoms with Crippen LogP contribution >= 0.6 is 0 Å². The summed E-state index contributed by atoms with van der Waals surface area (Å²) in [7, 11) is 0. The molecule has 2 aromatic rings. The molecule has 0 fully saturated rings. The molecule has 0 spiro atoms. The highest BCUT2D eigenvalue weighted by molar-refractivity contribution is 5.18. The van der Waals surface area contributed by atoms with Gasteiger partial charge >= 0.3 is 0 Å². The summed E-state index contributed by atoms with van der Waals surface area (Å²) in [5, 5.41) is 7.20. The van der Waals surface area contributed by atoms with Crippen molar-refractivity contribution in [2.45, 2.75) is 32.9 Å². The SMILES string of the molecule is Cc1cc(CNC(C)Cc2ccccc2F)no1. The zero-order valence-corrected chi connectivity index (χ0v) is 10.6. The quantitative estimate of drug-likeness (QED) is 0.884. The van der Waals surface area contributed by atoms with Crippen molar-refractivity contribution in [2.24, 2.45) is 0 Å². The maximum atomic E-state index is 13.5. The Morgan fingerprint density at radius 3 is 2.83 bits per heavy atom. The van der Waals surface area contributed by atoms with Gasteiger partial charge in [0, 0.05) is 18.7 Å². The van der Waals surface area contributed by atoms with Gasteiger partial charge in [0.05, 0.1) is 5.69 Å². The summed E-state index contributed by atoms with van der Waals surface area (Å²) < 4.78 is 18.4. The summed E-state index contributed by atoms with van der Waals surface area (Å²) in [5.41, 5.74) is 1.60. The Kier molecular flexibility index (Phi) is 4.10. The average Bonchev–Trinajstić information content (AvgIpc) is 2.76. The van der Waals surface area contributed by atoms with Crippen molar-refractivity contribution in [3.8, 4) is 0 Å². The van der Waals surface area contributed by atoms with E-state index in [9.17, 15) is 4.39 Å². The Morgan fingerprint density at radius 2 is 2.17 bits per heavy atom. The lowest BCUT2D eigenvalue weighted by molar-refractivity contribution is 0.385. The average molecular weight is 248 g/mol. The zero-order valence-electron chi connectivity index (χ0n) is 10.6. The molecule has 1 unspecified atom stereocenters. The lowest BCUT2D eigenvalue weighted by Gasteiger charge is -2.13. The number of benzene rings is 1. The Balaban J connectivity index is 1.85. The molecule has 3 nitrogen and oxygen atoms in total. The van der Waals surface area contributed by atoms with Crippen LogP contribution in [0.25, 0.3) is 0 Å². The summed E-state index contributed by atoms with van der Waals surface area (Å²) >= 11 is 0. The first-order valence-electron chi connectivity index (χ1n) is 6.04. The number of nitrogens with zero attached hydrogens (tertiary/aromatic N) is 1. The van der Waals surface area contributed by atoms with E-state index in [4.69, 9.17) is 4.52 Å². The van der Waals surface area contributed by atoms with Crippen LogP contribution in [0.15, 0.2) is 34.9 Å². The molecule has 1 N–H and O–H groups in total. The van der Waals surface area contributed by atoms with Crippen LogP contribution in [0.5, 0.6) is 0 Å². The molecule has 0 aliphatic rings. The van der Waals surface area contributed by atoms with Gasteiger partial charge in [-0.2, -0.15) is 0 Å². The second kappa shape index (κ2) is 5.78. The molecule has 1 aromatic carbocycles. The number of aromatic nitrogens is 1. The third-order valence-corrected chi connectivity index (χ3v) is 2.79. The molecule has 4 heteroatoms.